The number of fused-ring (bicyclic) bond motifs is 3. The molecule has 0 saturated heterocycles. The molecule has 0 radical (unpaired) electrons. The third kappa shape index (κ3) is 4.36. The number of aryl methyl sites for hydroxylation is 4. The van der Waals surface area contributed by atoms with E-state index >= 15 is 0 Å². The van der Waals surface area contributed by atoms with E-state index in [0.717, 1.165) is 60.2 Å². The zero-order chi connectivity index (χ0) is 22.2. The molecule has 1 unspecified atom stereocenters. The summed E-state index contributed by atoms with van der Waals surface area (Å²) in [6.45, 7) is 3.82. The zero-order valence-electron chi connectivity index (χ0n) is 17.8. The molecular weight excluding hydrogens is 403 g/mol. The second-order valence-electron chi connectivity index (χ2n) is 8.42. The van der Waals surface area contributed by atoms with Crippen LogP contribution in [0.15, 0.2) is 24.3 Å². The Bertz CT molecular complexity index is 1100. The lowest BCUT2D eigenvalue weighted by Gasteiger charge is -2.21. The van der Waals surface area contributed by atoms with Crippen LogP contribution < -0.4 is 0 Å². The molecule has 31 heavy (non-hydrogen) atoms. The van der Waals surface area contributed by atoms with Gasteiger partial charge >= 0.3 is 6.18 Å². The number of hydrogen-bond acceptors (Lipinski definition) is 3. The van der Waals surface area contributed by atoms with Crippen LogP contribution in [-0.2, 0) is 17.6 Å². The molecule has 0 saturated carbocycles. The smallest absolute Gasteiger partial charge is 0.303 e. The molecule has 7 heteroatoms. The average Bonchev–Trinajstić information content (AvgIpc) is 3.08. The Hall–Kier alpha value is -2.70. The Kier molecular flexibility index (Phi) is 5.86. The number of hydrogen-bond donors (Lipinski definition) is 0. The fraction of sp³-hybridized carbons (Fsp3) is 0.458. The normalized spacial score (nSPS) is 15.1. The van der Waals surface area contributed by atoms with Gasteiger partial charge in [-0.3, -0.25) is 4.40 Å². The van der Waals surface area contributed by atoms with E-state index in [1.54, 1.807) is 0 Å². The van der Waals surface area contributed by atoms with E-state index < -0.39 is 18.5 Å². The zero-order valence-corrected chi connectivity index (χ0v) is 17.8. The highest BCUT2D eigenvalue weighted by atomic mass is 19.4. The summed E-state index contributed by atoms with van der Waals surface area (Å²) >= 11 is 0. The van der Waals surface area contributed by atoms with Gasteiger partial charge in [-0.2, -0.15) is 13.2 Å². The summed E-state index contributed by atoms with van der Waals surface area (Å²) in [6, 6.07) is 8.01. The summed E-state index contributed by atoms with van der Waals surface area (Å²) in [5.41, 5.74) is 6.35. The first-order chi connectivity index (χ1) is 14.8. The van der Waals surface area contributed by atoms with Crippen molar-refractivity contribution in [1.29, 1.82) is 0 Å². The lowest BCUT2D eigenvalue weighted by atomic mass is 9.89. The molecule has 4 nitrogen and oxygen atoms in total. The molecule has 3 aromatic rings. The molecule has 1 aliphatic carbocycles. The van der Waals surface area contributed by atoms with E-state index in [-0.39, 0.29) is 12.8 Å². The molecule has 4 rings (SSSR count). The van der Waals surface area contributed by atoms with E-state index in [0.29, 0.717) is 17.0 Å². The van der Waals surface area contributed by atoms with Crippen LogP contribution in [-0.4, -0.2) is 26.8 Å². The number of aromatic nitrogens is 3. The minimum absolute atomic E-state index is 0.0975. The molecule has 0 fully saturated rings. The van der Waals surface area contributed by atoms with Crippen LogP contribution in [0.2, 0.25) is 0 Å². The predicted molar refractivity (Wildman–Crippen MR) is 113 cm³/mol. The molecule has 0 N–H and O–H groups in total. The number of imidazole rings is 1. The van der Waals surface area contributed by atoms with Crippen molar-refractivity contribution >= 4 is 12.1 Å². The third-order valence-electron chi connectivity index (χ3n) is 6.09. The second-order valence-corrected chi connectivity index (χ2v) is 8.42. The quantitative estimate of drug-likeness (QED) is 0.458. The number of halogens is 3. The summed E-state index contributed by atoms with van der Waals surface area (Å²) in [6.07, 6.45) is -0.417. The van der Waals surface area contributed by atoms with E-state index in [4.69, 9.17) is 4.98 Å². The minimum Gasteiger partial charge on any atom is -0.303 e. The van der Waals surface area contributed by atoms with Gasteiger partial charge in [0.2, 0.25) is 5.78 Å². The molecule has 0 amide bonds. The number of carbonyl (C=O) groups excluding carboxylic acids is 1. The topological polar surface area (TPSA) is 47.3 Å². The molecule has 164 valence electrons. The van der Waals surface area contributed by atoms with Crippen molar-refractivity contribution < 1.29 is 18.0 Å². The van der Waals surface area contributed by atoms with Crippen molar-refractivity contribution in [1.82, 2.24) is 14.4 Å². The average molecular weight is 429 g/mol. The first-order valence-corrected chi connectivity index (χ1v) is 10.8. The maximum absolute atomic E-state index is 12.7. The van der Waals surface area contributed by atoms with Crippen molar-refractivity contribution in [3.63, 3.8) is 0 Å². The van der Waals surface area contributed by atoms with Gasteiger partial charge in [-0.25, -0.2) is 9.97 Å². The van der Waals surface area contributed by atoms with Crippen LogP contribution in [0, 0.1) is 13.8 Å². The fourth-order valence-corrected chi connectivity index (χ4v) is 4.58. The first kappa shape index (κ1) is 21.5. The van der Waals surface area contributed by atoms with Crippen LogP contribution in [0.5, 0.6) is 0 Å². The van der Waals surface area contributed by atoms with E-state index in [9.17, 15) is 18.0 Å². The fourth-order valence-electron chi connectivity index (χ4n) is 4.58. The number of alkyl halides is 3. The summed E-state index contributed by atoms with van der Waals surface area (Å²) in [4.78, 5) is 21.5. The largest absolute Gasteiger partial charge is 0.389 e. The lowest BCUT2D eigenvalue weighted by Crippen LogP contribution is -2.14. The van der Waals surface area contributed by atoms with Crippen molar-refractivity contribution in [3.05, 3.63) is 52.5 Å². The highest BCUT2D eigenvalue weighted by molar-refractivity contribution is 5.75. The molecule has 2 aromatic heterocycles. The number of aldehydes is 1. The highest BCUT2D eigenvalue weighted by Crippen LogP contribution is 2.37. The van der Waals surface area contributed by atoms with E-state index in [1.165, 1.54) is 0 Å². The molecule has 1 aliphatic rings. The van der Waals surface area contributed by atoms with Gasteiger partial charge in [-0.05, 0) is 57.9 Å². The van der Waals surface area contributed by atoms with E-state index in [1.807, 2.05) is 42.5 Å². The van der Waals surface area contributed by atoms with Crippen molar-refractivity contribution in [2.24, 2.45) is 0 Å². The Labute approximate surface area is 179 Å². The number of carbonyl (C=O) groups is 1. The van der Waals surface area contributed by atoms with Gasteiger partial charge in [0, 0.05) is 29.3 Å². The minimum atomic E-state index is -4.23. The van der Waals surface area contributed by atoms with Gasteiger partial charge in [0.15, 0.2) is 0 Å². The monoisotopic (exact) mass is 429 g/mol. The van der Waals surface area contributed by atoms with Gasteiger partial charge in [0.05, 0.1) is 11.4 Å². The van der Waals surface area contributed by atoms with Gasteiger partial charge in [0.25, 0.3) is 0 Å². The number of nitrogens with zero attached hydrogens (tertiary/aromatic N) is 3. The summed E-state index contributed by atoms with van der Waals surface area (Å²) in [5, 5.41) is 0. The van der Waals surface area contributed by atoms with Crippen LogP contribution in [0.4, 0.5) is 13.2 Å². The molecule has 1 aromatic carbocycles. The van der Waals surface area contributed by atoms with Crippen LogP contribution in [0.1, 0.15) is 66.2 Å². The third-order valence-corrected chi connectivity index (χ3v) is 6.09. The highest BCUT2D eigenvalue weighted by Gasteiger charge is 2.29. The van der Waals surface area contributed by atoms with Crippen molar-refractivity contribution in [2.45, 2.75) is 70.9 Å². The predicted octanol–water partition coefficient (Wildman–Crippen LogP) is 5.91. The van der Waals surface area contributed by atoms with Gasteiger partial charge in [-0.15, -0.1) is 0 Å². The molecule has 2 heterocycles. The maximum atomic E-state index is 12.7. The molecule has 0 spiro atoms. The Balaban J connectivity index is 1.91. The first-order valence-electron chi connectivity index (χ1n) is 10.8. The van der Waals surface area contributed by atoms with Gasteiger partial charge < -0.3 is 4.79 Å². The number of rotatable bonds is 6. The standard InChI is InChI=1S/C24H26F3N3O/c1-15-9-11-17(12-10-15)22-21(18(14-31)6-5-13-24(25,26)27)16(2)28-23-29-19-7-3-4-8-20(19)30(22)23/h9-12,14,18H,3-8,13H2,1-2H3. The van der Waals surface area contributed by atoms with Crippen LogP contribution >= 0.6 is 0 Å². The second kappa shape index (κ2) is 8.44. The maximum Gasteiger partial charge on any atom is 0.389 e. The molecular formula is C24H26F3N3O. The van der Waals surface area contributed by atoms with Crippen LogP contribution in [0.25, 0.3) is 17.0 Å². The van der Waals surface area contributed by atoms with Crippen molar-refractivity contribution in [2.75, 3.05) is 0 Å². The molecule has 1 atom stereocenters. The molecule has 0 bridgehead atoms. The molecule has 0 aliphatic heterocycles. The summed E-state index contributed by atoms with van der Waals surface area (Å²) < 4.78 is 40.2. The summed E-state index contributed by atoms with van der Waals surface area (Å²) in [5.74, 6) is -0.0548. The van der Waals surface area contributed by atoms with Gasteiger partial charge in [0.1, 0.15) is 6.29 Å². The lowest BCUT2D eigenvalue weighted by molar-refractivity contribution is -0.136. The number of benzene rings is 1. The summed E-state index contributed by atoms with van der Waals surface area (Å²) in [7, 11) is 0. The Morgan fingerprint density at radius 3 is 2.48 bits per heavy atom. The van der Waals surface area contributed by atoms with Crippen LogP contribution in [0.3, 0.4) is 0 Å². The van der Waals surface area contributed by atoms with Gasteiger partial charge in [-0.1, -0.05) is 29.8 Å². The van der Waals surface area contributed by atoms with E-state index in [2.05, 4.69) is 4.98 Å². The SMILES string of the molecule is Cc1ccc(-c2c(C(C=O)CCCC(F)(F)F)c(C)nc3nc4c(n23)CCCC4)cc1. The Morgan fingerprint density at radius 2 is 1.81 bits per heavy atom. The van der Waals surface area contributed by atoms with Crippen molar-refractivity contribution in [3.8, 4) is 11.3 Å². The Morgan fingerprint density at radius 1 is 1.10 bits per heavy atom.